The fourth-order valence-corrected chi connectivity index (χ4v) is 3.12. The second-order valence-electron chi connectivity index (χ2n) is 6.07. The van der Waals surface area contributed by atoms with Gasteiger partial charge in [0.2, 0.25) is 0 Å². The fraction of sp³-hybridized carbons (Fsp3) is 0. The highest BCUT2D eigenvalue weighted by molar-refractivity contribution is 6.17. The van der Waals surface area contributed by atoms with Crippen LogP contribution in [0.3, 0.4) is 0 Å². The summed E-state index contributed by atoms with van der Waals surface area (Å²) >= 11 is 0. The van der Waals surface area contributed by atoms with Crippen LogP contribution in [0.25, 0.3) is 21.5 Å². The number of benzene rings is 4. The van der Waals surface area contributed by atoms with Crippen molar-refractivity contribution < 1.29 is 24.5 Å². The van der Waals surface area contributed by atoms with Gasteiger partial charge in [0.1, 0.15) is 0 Å². The molecule has 0 saturated carbocycles. The van der Waals surface area contributed by atoms with Crippen LogP contribution in [0.15, 0.2) is 72.8 Å². The number of aromatic hydroxyl groups is 1. The Kier molecular flexibility index (Phi) is 3.97. The summed E-state index contributed by atoms with van der Waals surface area (Å²) in [6.45, 7) is 0. The van der Waals surface area contributed by atoms with E-state index in [1.165, 1.54) is 12.1 Å². The van der Waals surface area contributed by atoms with Gasteiger partial charge in [-0.05, 0) is 45.8 Å². The predicted molar refractivity (Wildman–Crippen MR) is 101 cm³/mol. The zero-order valence-corrected chi connectivity index (χ0v) is 14.0. The first-order valence-electron chi connectivity index (χ1n) is 8.23. The molecule has 132 valence electrons. The lowest BCUT2D eigenvalue weighted by molar-refractivity contribution is 0.0696. The third-order valence-electron chi connectivity index (χ3n) is 4.38. The van der Waals surface area contributed by atoms with Crippen LogP contribution in [0.2, 0.25) is 0 Å². The summed E-state index contributed by atoms with van der Waals surface area (Å²) < 4.78 is 5.40. The maximum absolute atomic E-state index is 13.0. The molecule has 0 aromatic heterocycles. The van der Waals surface area contributed by atoms with Crippen molar-refractivity contribution in [3.63, 3.8) is 0 Å². The van der Waals surface area contributed by atoms with Crippen molar-refractivity contribution in [2.24, 2.45) is 0 Å². The Labute approximate surface area is 154 Å². The molecule has 4 aromatic carbocycles. The van der Waals surface area contributed by atoms with Crippen LogP contribution < -0.4 is 4.74 Å². The number of aromatic carboxylic acids is 1. The molecule has 2 N–H and O–H groups in total. The van der Waals surface area contributed by atoms with Crippen LogP contribution in [0.1, 0.15) is 20.7 Å². The van der Waals surface area contributed by atoms with Gasteiger partial charge in [-0.2, -0.15) is 0 Å². The second-order valence-corrected chi connectivity index (χ2v) is 6.07. The SMILES string of the molecule is O=C(O)c1ccc(OC(=O)c2c3ccccc3cc3ccccc23)c(O)c1. The van der Waals surface area contributed by atoms with Crippen LogP contribution in [0.5, 0.6) is 11.5 Å². The molecule has 0 fully saturated rings. The van der Waals surface area contributed by atoms with Crippen molar-refractivity contribution >= 4 is 33.5 Å². The molecule has 4 aromatic rings. The third kappa shape index (κ3) is 2.95. The van der Waals surface area contributed by atoms with Crippen LogP contribution in [0, 0.1) is 0 Å². The predicted octanol–water partition coefficient (Wildman–Crippen LogP) is 4.62. The zero-order chi connectivity index (χ0) is 19.0. The lowest BCUT2D eigenvalue weighted by Gasteiger charge is -2.12. The quantitative estimate of drug-likeness (QED) is 0.317. The molecular formula is C22H14O5. The van der Waals surface area contributed by atoms with Crippen LogP contribution >= 0.6 is 0 Å². The summed E-state index contributed by atoms with van der Waals surface area (Å²) in [6, 6.07) is 20.6. The standard InChI is InChI=1S/C22H14O5/c23-18-12-15(21(24)25)9-10-19(18)27-22(26)20-16-7-3-1-5-13(16)11-14-6-2-4-8-17(14)20/h1-12,23H,(H,24,25). The Morgan fingerprint density at radius 1 is 0.778 bits per heavy atom. The van der Waals surface area contributed by atoms with Gasteiger partial charge in [0, 0.05) is 0 Å². The summed E-state index contributed by atoms with van der Waals surface area (Å²) in [5.41, 5.74) is 0.299. The van der Waals surface area contributed by atoms with E-state index >= 15 is 0 Å². The lowest BCUT2D eigenvalue weighted by atomic mass is 9.97. The molecular weight excluding hydrogens is 344 g/mol. The topological polar surface area (TPSA) is 83.8 Å². The molecule has 5 nitrogen and oxygen atoms in total. The first-order chi connectivity index (χ1) is 13.0. The number of carboxylic acid groups (broad SMARTS) is 1. The molecule has 0 spiro atoms. The van der Waals surface area contributed by atoms with E-state index in [4.69, 9.17) is 9.84 Å². The number of hydrogen-bond donors (Lipinski definition) is 2. The minimum absolute atomic E-state index is 0.0945. The van der Waals surface area contributed by atoms with Crippen LogP contribution in [-0.2, 0) is 0 Å². The van der Waals surface area contributed by atoms with Crippen molar-refractivity contribution in [1.29, 1.82) is 0 Å². The highest BCUT2D eigenvalue weighted by Crippen LogP contribution is 2.32. The number of rotatable bonds is 3. The molecule has 4 rings (SSSR count). The monoisotopic (exact) mass is 358 g/mol. The third-order valence-corrected chi connectivity index (χ3v) is 4.38. The second kappa shape index (κ2) is 6.46. The summed E-state index contributed by atoms with van der Waals surface area (Å²) in [7, 11) is 0. The summed E-state index contributed by atoms with van der Waals surface area (Å²) in [5.74, 6) is -2.31. The zero-order valence-electron chi connectivity index (χ0n) is 14.0. The average molecular weight is 358 g/mol. The first kappa shape index (κ1) is 16.6. The lowest BCUT2D eigenvalue weighted by Crippen LogP contribution is -2.10. The van der Waals surface area contributed by atoms with E-state index in [0.29, 0.717) is 5.56 Å². The maximum atomic E-state index is 13.0. The van der Waals surface area contributed by atoms with Crippen molar-refractivity contribution in [1.82, 2.24) is 0 Å². The molecule has 0 aliphatic heterocycles. The Morgan fingerprint density at radius 2 is 1.37 bits per heavy atom. The van der Waals surface area contributed by atoms with E-state index in [2.05, 4.69) is 0 Å². The number of hydrogen-bond acceptors (Lipinski definition) is 4. The minimum atomic E-state index is -1.18. The number of esters is 1. The Morgan fingerprint density at radius 3 is 1.93 bits per heavy atom. The van der Waals surface area contributed by atoms with E-state index in [9.17, 15) is 14.7 Å². The number of phenolic OH excluding ortho intramolecular Hbond substituents is 1. The first-order valence-corrected chi connectivity index (χ1v) is 8.23. The van der Waals surface area contributed by atoms with Crippen molar-refractivity contribution in [2.75, 3.05) is 0 Å². The smallest absolute Gasteiger partial charge is 0.344 e. The molecule has 0 unspecified atom stereocenters. The molecule has 0 atom stereocenters. The molecule has 27 heavy (non-hydrogen) atoms. The van der Waals surface area contributed by atoms with Crippen molar-refractivity contribution in [3.8, 4) is 11.5 Å². The van der Waals surface area contributed by atoms with Gasteiger partial charge in [0.25, 0.3) is 0 Å². The highest BCUT2D eigenvalue weighted by Gasteiger charge is 2.19. The normalized spacial score (nSPS) is 10.8. The number of fused-ring (bicyclic) bond motifs is 2. The van der Waals surface area contributed by atoms with Crippen molar-refractivity contribution in [2.45, 2.75) is 0 Å². The Hall–Kier alpha value is -3.86. The number of carbonyl (C=O) groups is 2. The number of carbonyl (C=O) groups excluding carboxylic acids is 1. The van der Waals surface area contributed by atoms with E-state index < -0.39 is 17.7 Å². The van der Waals surface area contributed by atoms with Gasteiger partial charge in [0.15, 0.2) is 11.5 Å². The maximum Gasteiger partial charge on any atom is 0.344 e. The average Bonchev–Trinajstić information content (AvgIpc) is 2.67. The van der Waals surface area contributed by atoms with E-state index in [1.54, 1.807) is 0 Å². The van der Waals surface area contributed by atoms with Crippen LogP contribution in [0.4, 0.5) is 0 Å². The van der Waals surface area contributed by atoms with Crippen LogP contribution in [-0.4, -0.2) is 22.2 Å². The molecule has 0 amide bonds. The van der Waals surface area contributed by atoms with Gasteiger partial charge in [-0.15, -0.1) is 0 Å². The van der Waals surface area contributed by atoms with E-state index in [0.717, 1.165) is 27.6 Å². The molecule has 5 heteroatoms. The van der Waals surface area contributed by atoms with Gasteiger partial charge in [0.05, 0.1) is 11.1 Å². The molecule has 0 bridgehead atoms. The fourth-order valence-electron chi connectivity index (χ4n) is 3.12. The number of carboxylic acids is 1. The highest BCUT2D eigenvalue weighted by atomic mass is 16.5. The summed E-state index contributed by atoms with van der Waals surface area (Å²) in [4.78, 5) is 23.9. The van der Waals surface area contributed by atoms with Gasteiger partial charge in [-0.25, -0.2) is 9.59 Å². The van der Waals surface area contributed by atoms with Gasteiger partial charge >= 0.3 is 11.9 Å². The molecule has 0 aliphatic rings. The van der Waals surface area contributed by atoms with Gasteiger partial charge in [-0.1, -0.05) is 48.5 Å². The molecule has 0 radical (unpaired) electrons. The Balaban J connectivity index is 1.84. The summed E-state index contributed by atoms with van der Waals surface area (Å²) in [5, 5.41) is 22.3. The number of ether oxygens (including phenoxy) is 1. The van der Waals surface area contributed by atoms with E-state index in [1.807, 2.05) is 54.6 Å². The Bertz CT molecular complexity index is 1160. The molecule has 0 saturated heterocycles. The molecule has 0 heterocycles. The van der Waals surface area contributed by atoms with Crippen molar-refractivity contribution in [3.05, 3.63) is 83.9 Å². The van der Waals surface area contributed by atoms with Gasteiger partial charge in [-0.3, -0.25) is 0 Å². The number of phenols is 1. The van der Waals surface area contributed by atoms with E-state index in [-0.39, 0.29) is 11.3 Å². The molecule has 0 aliphatic carbocycles. The largest absolute Gasteiger partial charge is 0.504 e. The minimum Gasteiger partial charge on any atom is -0.504 e. The van der Waals surface area contributed by atoms with Gasteiger partial charge < -0.3 is 14.9 Å². The summed E-state index contributed by atoms with van der Waals surface area (Å²) in [6.07, 6.45) is 0.